The highest BCUT2D eigenvalue weighted by molar-refractivity contribution is 7.14. The topological polar surface area (TPSA) is 80.3 Å². The molecule has 0 saturated heterocycles. The van der Waals surface area contributed by atoms with Crippen molar-refractivity contribution in [3.05, 3.63) is 76.8 Å². The van der Waals surface area contributed by atoms with Crippen LogP contribution < -0.4 is 15.4 Å². The summed E-state index contributed by atoms with van der Waals surface area (Å²) in [4.78, 5) is 28.6. The molecule has 3 aromatic rings. The Morgan fingerprint density at radius 2 is 1.78 bits per heavy atom. The third-order valence-corrected chi connectivity index (χ3v) is 4.62. The van der Waals surface area contributed by atoms with Gasteiger partial charge in [-0.1, -0.05) is 36.4 Å². The van der Waals surface area contributed by atoms with Crippen molar-refractivity contribution < 1.29 is 14.3 Å². The van der Waals surface area contributed by atoms with Gasteiger partial charge in [0, 0.05) is 17.5 Å². The molecule has 0 bridgehead atoms. The zero-order chi connectivity index (χ0) is 19.1. The Balaban J connectivity index is 1.53. The zero-order valence-electron chi connectivity index (χ0n) is 14.8. The monoisotopic (exact) mass is 381 g/mol. The fourth-order valence-electron chi connectivity index (χ4n) is 2.51. The molecule has 0 aliphatic heterocycles. The minimum atomic E-state index is -0.277. The van der Waals surface area contributed by atoms with Gasteiger partial charge >= 0.3 is 0 Å². The maximum Gasteiger partial charge on any atom is 0.270 e. The fourth-order valence-corrected chi connectivity index (χ4v) is 3.19. The van der Waals surface area contributed by atoms with Gasteiger partial charge in [-0.05, 0) is 30.2 Å². The lowest BCUT2D eigenvalue weighted by molar-refractivity contribution is 0.0948. The Morgan fingerprint density at radius 1 is 1.04 bits per heavy atom. The predicted octanol–water partition coefficient (Wildman–Crippen LogP) is 3.38. The normalized spacial score (nSPS) is 10.3. The number of carbonyl (C=O) groups is 2. The maximum atomic E-state index is 12.2. The van der Waals surface area contributed by atoms with Crippen molar-refractivity contribution in [3.8, 4) is 5.75 Å². The van der Waals surface area contributed by atoms with E-state index < -0.39 is 0 Å². The van der Waals surface area contributed by atoms with Crippen LogP contribution in [0.3, 0.4) is 0 Å². The summed E-state index contributed by atoms with van der Waals surface area (Å²) >= 11 is 1.21. The molecule has 2 aromatic carbocycles. The van der Waals surface area contributed by atoms with Gasteiger partial charge in [0.05, 0.1) is 7.11 Å². The van der Waals surface area contributed by atoms with E-state index in [1.807, 2.05) is 30.3 Å². The van der Waals surface area contributed by atoms with Crippen molar-refractivity contribution in [2.75, 3.05) is 19.0 Å². The van der Waals surface area contributed by atoms with Crippen molar-refractivity contribution in [1.82, 2.24) is 10.3 Å². The molecule has 6 nitrogen and oxygen atoms in total. The number of benzene rings is 2. The van der Waals surface area contributed by atoms with Gasteiger partial charge in [-0.3, -0.25) is 14.9 Å². The first-order valence-corrected chi connectivity index (χ1v) is 9.27. The van der Waals surface area contributed by atoms with E-state index >= 15 is 0 Å². The summed E-state index contributed by atoms with van der Waals surface area (Å²) in [5, 5.41) is 7.55. The van der Waals surface area contributed by atoms with Gasteiger partial charge < -0.3 is 10.1 Å². The van der Waals surface area contributed by atoms with E-state index in [1.165, 1.54) is 11.3 Å². The molecule has 138 valence electrons. The summed E-state index contributed by atoms with van der Waals surface area (Å²) in [5.74, 6) is 0.265. The molecular weight excluding hydrogens is 362 g/mol. The van der Waals surface area contributed by atoms with E-state index in [0.29, 0.717) is 23.7 Å². The molecule has 1 heterocycles. The van der Waals surface area contributed by atoms with Gasteiger partial charge in [-0.2, -0.15) is 0 Å². The minimum Gasteiger partial charge on any atom is -0.496 e. The van der Waals surface area contributed by atoms with Crippen LogP contribution in [0.5, 0.6) is 5.75 Å². The van der Waals surface area contributed by atoms with Crippen molar-refractivity contribution in [1.29, 1.82) is 0 Å². The number of aromatic nitrogens is 1. The third kappa shape index (κ3) is 4.92. The van der Waals surface area contributed by atoms with Crippen molar-refractivity contribution in [2.24, 2.45) is 0 Å². The standard InChI is InChI=1S/C20H19N3O3S/c1-26-17-10-6-5-7-14(17)11-12-21-19(25)16-13-27-20(22-16)23-18(24)15-8-3-2-4-9-15/h2-10,13H,11-12H2,1H3,(H,21,25)(H,22,23,24). The van der Waals surface area contributed by atoms with Crippen molar-refractivity contribution in [2.45, 2.75) is 6.42 Å². The highest BCUT2D eigenvalue weighted by Gasteiger charge is 2.13. The molecule has 0 fully saturated rings. The Labute approximate surface area is 161 Å². The Bertz CT molecular complexity index is 925. The smallest absolute Gasteiger partial charge is 0.270 e. The molecule has 0 aliphatic carbocycles. The second-order valence-corrected chi connectivity index (χ2v) is 6.53. The third-order valence-electron chi connectivity index (χ3n) is 3.87. The lowest BCUT2D eigenvalue weighted by Gasteiger charge is -2.08. The van der Waals surface area contributed by atoms with E-state index in [1.54, 1.807) is 36.8 Å². The van der Waals surface area contributed by atoms with Crippen LogP contribution in [-0.4, -0.2) is 30.5 Å². The zero-order valence-corrected chi connectivity index (χ0v) is 15.6. The number of para-hydroxylation sites is 1. The minimum absolute atomic E-state index is 0.256. The second kappa shape index (κ2) is 8.95. The summed E-state index contributed by atoms with van der Waals surface area (Å²) in [6, 6.07) is 16.5. The van der Waals surface area contributed by atoms with Gasteiger partial charge in [-0.25, -0.2) is 4.98 Å². The van der Waals surface area contributed by atoms with Crippen LogP contribution in [-0.2, 0) is 6.42 Å². The lowest BCUT2D eigenvalue weighted by Crippen LogP contribution is -2.26. The first kappa shape index (κ1) is 18.6. The molecule has 3 rings (SSSR count). The van der Waals surface area contributed by atoms with Gasteiger partial charge in [-0.15, -0.1) is 11.3 Å². The predicted molar refractivity (Wildman–Crippen MR) is 106 cm³/mol. The number of ether oxygens (including phenoxy) is 1. The van der Waals surface area contributed by atoms with Gasteiger partial charge in [0.1, 0.15) is 11.4 Å². The number of methoxy groups -OCH3 is 1. The molecule has 7 heteroatoms. The highest BCUT2D eigenvalue weighted by atomic mass is 32.1. The molecule has 27 heavy (non-hydrogen) atoms. The van der Waals surface area contributed by atoms with E-state index in [4.69, 9.17) is 4.74 Å². The Kier molecular flexibility index (Phi) is 6.17. The first-order chi connectivity index (χ1) is 13.2. The van der Waals surface area contributed by atoms with E-state index in [2.05, 4.69) is 15.6 Å². The maximum absolute atomic E-state index is 12.2. The number of hydrogen-bond acceptors (Lipinski definition) is 5. The summed E-state index contributed by atoms with van der Waals surface area (Å²) in [5.41, 5.74) is 1.84. The molecule has 0 atom stereocenters. The summed E-state index contributed by atoms with van der Waals surface area (Å²) in [6.07, 6.45) is 0.650. The number of carbonyl (C=O) groups excluding carboxylic acids is 2. The first-order valence-electron chi connectivity index (χ1n) is 8.39. The number of thiazole rings is 1. The van der Waals surface area contributed by atoms with Crippen LogP contribution in [0.4, 0.5) is 5.13 Å². The molecule has 0 saturated carbocycles. The molecule has 2 N–H and O–H groups in total. The Hall–Kier alpha value is -3.19. The van der Waals surface area contributed by atoms with Crippen LogP contribution in [0, 0.1) is 0 Å². The molecule has 1 aromatic heterocycles. The average Bonchev–Trinajstić information content (AvgIpc) is 3.17. The molecule has 2 amide bonds. The van der Waals surface area contributed by atoms with Gasteiger partial charge in [0.15, 0.2) is 5.13 Å². The second-order valence-electron chi connectivity index (χ2n) is 5.68. The number of hydrogen-bond donors (Lipinski definition) is 2. The van der Waals surface area contributed by atoms with Crippen LogP contribution in [0.25, 0.3) is 0 Å². The summed E-state index contributed by atoms with van der Waals surface area (Å²) in [7, 11) is 1.62. The van der Waals surface area contributed by atoms with Gasteiger partial charge in [0.2, 0.25) is 0 Å². The summed E-state index contributed by atoms with van der Waals surface area (Å²) in [6.45, 7) is 0.461. The SMILES string of the molecule is COc1ccccc1CCNC(=O)c1csc(NC(=O)c2ccccc2)n1. The number of nitrogens with zero attached hydrogens (tertiary/aromatic N) is 1. The molecular formula is C20H19N3O3S. The molecule has 0 spiro atoms. The largest absolute Gasteiger partial charge is 0.496 e. The quantitative estimate of drug-likeness (QED) is 0.657. The van der Waals surface area contributed by atoms with Crippen molar-refractivity contribution >= 4 is 28.3 Å². The number of nitrogens with one attached hydrogen (secondary N) is 2. The number of anilines is 1. The Morgan fingerprint density at radius 3 is 2.56 bits per heavy atom. The average molecular weight is 381 g/mol. The molecule has 0 aliphatic rings. The number of rotatable bonds is 7. The fraction of sp³-hybridized carbons (Fsp3) is 0.150. The van der Waals surface area contributed by atoms with Crippen LogP contribution in [0.1, 0.15) is 26.4 Å². The van der Waals surface area contributed by atoms with E-state index in [-0.39, 0.29) is 17.5 Å². The summed E-state index contributed by atoms with van der Waals surface area (Å²) < 4.78 is 5.30. The van der Waals surface area contributed by atoms with Crippen LogP contribution in [0.2, 0.25) is 0 Å². The lowest BCUT2D eigenvalue weighted by atomic mass is 10.1. The van der Waals surface area contributed by atoms with Crippen molar-refractivity contribution in [3.63, 3.8) is 0 Å². The van der Waals surface area contributed by atoms with E-state index in [9.17, 15) is 9.59 Å². The van der Waals surface area contributed by atoms with E-state index in [0.717, 1.165) is 11.3 Å². The van der Waals surface area contributed by atoms with Crippen LogP contribution >= 0.6 is 11.3 Å². The molecule has 0 unspecified atom stereocenters. The highest BCUT2D eigenvalue weighted by Crippen LogP contribution is 2.18. The van der Waals surface area contributed by atoms with Crippen LogP contribution in [0.15, 0.2) is 60.0 Å². The number of amides is 2. The van der Waals surface area contributed by atoms with Gasteiger partial charge in [0.25, 0.3) is 11.8 Å². The molecule has 0 radical (unpaired) electrons.